The van der Waals surface area contributed by atoms with Crippen molar-refractivity contribution in [3.05, 3.63) is 113 Å². The van der Waals surface area contributed by atoms with Crippen LogP contribution in [0.15, 0.2) is 105 Å². The number of aryl methyl sites for hydroxylation is 2. The number of aromatic hydroxyl groups is 1. The fourth-order valence-electron chi connectivity index (χ4n) is 13.8. The second kappa shape index (κ2) is 44.8. The van der Waals surface area contributed by atoms with E-state index in [-0.39, 0.29) is 161 Å². The van der Waals surface area contributed by atoms with Crippen LogP contribution in [0.1, 0.15) is 53.6 Å². The first-order chi connectivity index (χ1) is 57.3. The van der Waals surface area contributed by atoms with Crippen LogP contribution in [0.3, 0.4) is 0 Å². The van der Waals surface area contributed by atoms with Crippen molar-refractivity contribution in [2.45, 2.75) is 68.0 Å². The third kappa shape index (κ3) is 28.0. The van der Waals surface area contributed by atoms with Gasteiger partial charge in [-0.05, 0) is 116 Å². The fraction of sp³-hybridized carbons (Fsp3) is 0.474. The first-order valence-corrected chi connectivity index (χ1v) is 41.6. The summed E-state index contributed by atoms with van der Waals surface area (Å²) >= 11 is 0. The van der Waals surface area contributed by atoms with Crippen molar-refractivity contribution >= 4 is 118 Å². The van der Waals surface area contributed by atoms with Crippen LogP contribution in [0.5, 0.6) is 11.5 Å². The Morgan fingerprint density at radius 1 is 0.608 bits per heavy atom. The molecule has 0 bridgehead atoms. The number of nitrogens with two attached hydrogens (primary N) is 1. The number of phenolic OH excluding ortho intramolecular Hbond substituents is 1. The number of benzene rings is 5. The van der Waals surface area contributed by atoms with Crippen LogP contribution in [0.2, 0.25) is 0 Å². The molecule has 5 aromatic carbocycles. The number of nitrogens with one attached hydrogen (secondary N) is 4. The van der Waals surface area contributed by atoms with E-state index in [4.69, 9.17) is 36.0 Å². The number of nitrogens with zero attached hydrogens (tertiary/aromatic N) is 11. The number of fused-ring (bicyclic) bond motifs is 2. The number of azo groups is 1. The lowest BCUT2D eigenvalue weighted by Gasteiger charge is -2.34. The molecule has 12 N–H and O–H groups in total. The monoisotopic (exact) mass is 1710 g/mol. The van der Waals surface area contributed by atoms with Gasteiger partial charge < -0.3 is 76.0 Å². The Morgan fingerprint density at radius 3 is 1.77 bits per heavy atom. The van der Waals surface area contributed by atoms with Crippen molar-refractivity contribution in [2.24, 2.45) is 10.2 Å². The van der Waals surface area contributed by atoms with Crippen LogP contribution in [0.4, 0.5) is 22.7 Å². The molecule has 0 aliphatic carbocycles. The van der Waals surface area contributed by atoms with Gasteiger partial charge in [0.25, 0.3) is 26.1 Å². The molecule has 9 rings (SSSR count). The Morgan fingerprint density at radius 2 is 1.18 bits per heavy atom. The number of anilines is 2. The molecular formula is C78H100N16O24S2. The van der Waals surface area contributed by atoms with E-state index in [2.05, 4.69) is 46.2 Å². The number of phenols is 1. The van der Waals surface area contributed by atoms with Gasteiger partial charge in [0.15, 0.2) is 5.75 Å². The molecule has 4 heterocycles. The Bertz CT molecular complexity index is 4960. The summed E-state index contributed by atoms with van der Waals surface area (Å²) < 4.78 is 96.8. The number of nitrogen functional groups attached to an aromatic ring is 1. The maximum atomic E-state index is 14.1. The van der Waals surface area contributed by atoms with E-state index in [1.807, 2.05) is 0 Å². The summed E-state index contributed by atoms with van der Waals surface area (Å²) in [4.78, 5) is 134. The number of aromatic nitrogens is 1. The van der Waals surface area contributed by atoms with Gasteiger partial charge in [-0.15, -0.1) is 5.11 Å². The molecular weight excluding hydrogens is 1610 g/mol. The van der Waals surface area contributed by atoms with Gasteiger partial charge in [-0.25, -0.2) is 6.57 Å². The number of carboxylic acid groups (broad SMARTS) is 3. The van der Waals surface area contributed by atoms with Crippen LogP contribution in [0, 0.1) is 20.4 Å². The predicted octanol–water partition coefficient (Wildman–Crippen LogP) is 2.90. The first-order valence-electron chi connectivity index (χ1n) is 38.7. The average molecular weight is 1710 g/mol. The van der Waals surface area contributed by atoms with E-state index < -0.39 is 114 Å². The Hall–Kier alpha value is -11.0. The summed E-state index contributed by atoms with van der Waals surface area (Å²) in [6.45, 7) is 14.6. The van der Waals surface area contributed by atoms with Crippen LogP contribution >= 0.6 is 0 Å². The van der Waals surface area contributed by atoms with Crippen molar-refractivity contribution < 1.29 is 113 Å². The maximum Gasteiger partial charge on any atom is 0.317 e. The lowest BCUT2D eigenvalue weighted by atomic mass is 10.00. The number of pyridine rings is 1. The molecule has 0 saturated carbocycles. The van der Waals surface area contributed by atoms with Crippen molar-refractivity contribution in [3.63, 3.8) is 0 Å². The highest BCUT2D eigenvalue weighted by atomic mass is 32.2. The number of hydrogen-bond donors (Lipinski definition) is 11. The number of rotatable bonds is 40. The molecule has 648 valence electrons. The molecule has 6 amide bonds. The molecule has 6 aromatic rings. The van der Waals surface area contributed by atoms with Crippen LogP contribution in [-0.4, -0.2) is 335 Å². The molecule has 3 aliphatic heterocycles. The largest absolute Gasteiger partial charge is 0.505 e. The van der Waals surface area contributed by atoms with Crippen molar-refractivity contribution in [2.75, 3.05) is 195 Å². The van der Waals surface area contributed by atoms with E-state index in [0.717, 1.165) is 25.1 Å². The number of carbonyl (C=O) groups is 9. The zero-order chi connectivity index (χ0) is 86.6. The van der Waals surface area contributed by atoms with E-state index in [9.17, 15) is 89.5 Å². The number of amides is 6. The summed E-state index contributed by atoms with van der Waals surface area (Å²) in [6.07, 6.45) is 2.62. The molecule has 42 heteroatoms. The molecule has 1 unspecified atom stereocenters. The Balaban J connectivity index is 0.710. The zero-order valence-corrected chi connectivity index (χ0v) is 68.1. The molecule has 0 radical (unpaired) electrons. The van der Waals surface area contributed by atoms with Gasteiger partial charge in [0.1, 0.15) is 40.6 Å². The maximum absolute atomic E-state index is 14.1. The van der Waals surface area contributed by atoms with Crippen LogP contribution in [0.25, 0.3) is 37.6 Å². The number of ether oxygens (including phenoxy) is 5. The molecule has 3 aliphatic rings. The summed E-state index contributed by atoms with van der Waals surface area (Å²) in [5.74, 6) is -6.38. The van der Waals surface area contributed by atoms with Gasteiger partial charge in [-0.1, -0.05) is 18.2 Å². The molecule has 2 atom stereocenters. The standard InChI is InChI=1S/C78H100N16O24S2/c1-51-40-53(54-8-12-60(52(2)41-54)86-87-62-14-10-57-64(119(108,109)110)43-65(120(111,112)113)75(79)74(57)76(62)105)7-11-59(51)84-67(95)16-15-63(85-68(96)45-89-21-23-90(46-71(99)100)25-27-92(48-73(103)104)28-26-91(24-22-89)47-72(101)102)78(107)83-50-117-39-37-115-35-34-114-36-38-116-49-70(98)93-31-29-88(30-32-93)19-5-33-118-55-9-13-61-58(42-55)56(17-18-81-61)77(106)82-44-69(97)94-20-4-6-66(94)80-3/h7-14,17-18,40-43,63,66,105H,4-6,15-16,19-39,44-50,79H2,1-2H3,(H,82,106)(H,83,107)(H,84,95)(H,85,96)(H,99,100)(H,101,102)(H,103,104)(H,108,109,110)(H,111,112,113)/t63?,66-/m0/s1. The van der Waals surface area contributed by atoms with Gasteiger partial charge in [-0.2, -0.15) is 21.9 Å². The summed E-state index contributed by atoms with van der Waals surface area (Å²) in [7, 11) is -10.2. The second-order valence-electron chi connectivity index (χ2n) is 28.7. The number of carbonyl (C=O) groups excluding carboxylic acids is 6. The first kappa shape index (κ1) is 92.8. The number of likely N-dealkylation sites (tertiary alicyclic amines) is 1. The number of aliphatic carboxylic acids is 3. The van der Waals surface area contributed by atoms with Crippen LogP contribution in [-0.2, 0) is 77.5 Å². The summed E-state index contributed by atoms with van der Waals surface area (Å²) in [6, 6.07) is 18.7. The highest BCUT2D eigenvalue weighted by Gasteiger charge is 2.34. The smallest absolute Gasteiger partial charge is 0.317 e. The van der Waals surface area contributed by atoms with Gasteiger partial charge in [-0.3, -0.25) is 91.5 Å². The van der Waals surface area contributed by atoms with Gasteiger partial charge in [0, 0.05) is 127 Å². The Labute approximate surface area is 692 Å². The fourth-order valence-corrected chi connectivity index (χ4v) is 15.2. The minimum Gasteiger partial charge on any atom is -0.505 e. The van der Waals surface area contributed by atoms with Crippen molar-refractivity contribution in [3.8, 4) is 22.6 Å². The zero-order valence-electron chi connectivity index (χ0n) is 66.4. The van der Waals surface area contributed by atoms with Gasteiger partial charge in [0.2, 0.25) is 29.5 Å². The molecule has 1 aromatic heterocycles. The van der Waals surface area contributed by atoms with E-state index in [1.54, 1.807) is 99.0 Å². The molecule has 40 nitrogen and oxygen atoms in total. The number of piperazine rings is 1. The highest BCUT2D eigenvalue weighted by Crippen LogP contribution is 2.44. The number of carboxylic acids is 3. The molecule has 3 saturated heterocycles. The van der Waals surface area contributed by atoms with Crippen LogP contribution < -0.4 is 31.7 Å². The number of hydrogen-bond acceptors (Lipinski definition) is 28. The average Bonchev–Trinajstić information content (AvgIpc) is 0.822. The lowest BCUT2D eigenvalue weighted by molar-refractivity contribution is -0.140. The quantitative estimate of drug-likeness (QED) is 0.00658. The minimum absolute atomic E-state index is 0.0273. The van der Waals surface area contributed by atoms with Gasteiger partial charge in [0.05, 0.1) is 107 Å². The van der Waals surface area contributed by atoms with Gasteiger partial charge >= 0.3 is 24.1 Å². The molecule has 3 fully saturated rings. The highest BCUT2D eigenvalue weighted by molar-refractivity contribution is 7.87. The third-order valence-corrected chi connectivity index (χ3v) is 21.9. The SMILES string of the molecule is [C-]#[N+][C@@H]1CCCN1C(=O)CNC(=O)c1ccnc2ccc(OCCCN3CCN(C(=O)COCCOCCOCCOCNC(=O)C(CCC(=O)Nc4ccc(-c5ccc(N=Nc6ccc7c(S(=O)(=O)O)cc(S(=O)(=O)O)c(N)c7c6O)c(C)c5)cc4C)NC(=O)CN4CCN(CC(=O)O)CCN(CC(=O)O)CCN(CC(=O)O)CC4)CC3)cc12. The second-order valence-corrected chi connectivity index (χ2v) is 31.5. The topological polar surface area (TPSA) is 528 Å². The van der Waals surface area contributed by atoms with E-state index in [1.165, 1.54) is 11.1 Å². The van der Waals surface area contributed by atoms with E-state index >= 15 is 0 Å². The van der Waals surface area contributed by atoms with E-state index in [0.29, 0.717) is 114 Å². The summed E-state index contributed by atoms with van der Waals surface area (Å²) in [5, 5.41) is 59.2. The molecule has 120 heavy (non-hydrogen) atoms. The molecule has 0 spiro atoms. The predicted molar refractivity (Wildman–Crippen MR) is 434 cm³/mol. The third-order valence-electron chi connectivity index (χ3n) is 20.1. The minimum atomic E-state index is -5.14. The summed E-state index contributed by atoms with van der Waals surface area (Å²) in [5.41, 5.74) is 9.31. The Kier molecular flexibility index (Phi) is 34.7. The lowest BCUT2D eigenvalue weighted by Crippen LogP contribution is -2.52. The van der Waals surface area contributed by atoms with Crippen molar-refractivity contribution in [1.82, 2.24) is 55.2 Å². The normalized spacial score (nSPS) is 16.1. The van der Waals surface area contributed by atoms with Crippen molar-refractivity contribution in [1.29, 1.82) is 0 Å².